The summed E-state index contributed by atoms with van der Waals surface area (Å²) >= 11 is 0. The molecule has 1 amide bonds. The van der Waals surface area contributed by atoms with Gasteiger partial charge >= 0.3 is 0 Å². The van der Waals surface area contributed by atoms with Gasteiger partial charge in [0.2, 0.25) is 5.88 Å². The van der Waals surface area contributed by atoms with Crippen LogP contribution in [0.2, 0.25) is 0 Å². The number of nitrogens with zero attached hydrogens (tertiary/aromatic N) is 4. The number of aryl methyl sites for hydroxylation is 1. The van der Waals surface area contributed by atoms with Crippen molar-refractivity contribution in [3.8, 4) is 5.88 Å². The van der Waals surface area contributed by atoms with Crippen molar-refractivity contribution in [2.45, 2.75) is 6.92 Å². The molecule has 7 nitrogen and oxygen atoms in total. The molecule has 1 aromatic heterocycles. The van der Waals surface area contributed by atoms with Gasteiger partial charge < -0.3 is 19.3 Å². The van der Waals surface area contributed by atoms with Crippen molar-refractivity contribution >= 4 is 11.7 Å². The van der Waals surface area contributed by atoms with Gasteiger partial charge in [0.05, 0.1) is 6.61 Å². The van der Waals surface area contributed by atoms with Gasteiger partial charge in [-0.3, -0.25) is 4.79 Å². The molecule has 0 radical (unpaired) electrons. The summed E-state index contributed by atoms with van der Waals surface area (Å²) in [7, 11) is 1.63. The fourth-order valence-corrected chi connectivity index (χ4v) is 2.89. The molecule has 2 heterocycles. The zero-order chi connectivity index (χ0) is 18.4. The Bertz CT molecular complexity index is 728. The third-order valence-corrected chi connectivity index (χ3v) is 4.32. The largest absolute Gasteiger partial charge is 0.474 e. The molecule has 26 heavy (non-hydrogen) atoms. The van der Waals surface area contributed by atoms with Crippen LogP contribution in [0.4, 0.5) is 5.82 Å². The Morgan fingerprint density at radius 3 is 2.54 bits per heavy atom. The molecule has 1 saturated heterocycles. The molecular weight excluding hydrogens is 332 g/mol. The van der Waals surface area contributed by atoms with Crippen molar-refractivity contribution < 1.29 is 14.3 Å². The lowest BCUT2D eigenvalue weighted by molar-refractivity contribution is 0.0746. The van der Waals surface area contributed by atoms with Gasteiger partial charge in [-0.1, -0.05) is 17.7 Å². The first-order valence-electron chi connectivity index (χ1n) is 8.74. The fourth-order valence-electron chi connectivity index (χ4n) is 2.89. The minimum atomic E-state index is 0.0846. The van der Waals surface area contributed by atoms with E-state index in [-0.39, 0.29) is 5.91 Å². The molecule has 7 heteroatoms. The number of carbonyl (C=O) groups excluding carboxylic acids is 1. The number of hydrogen-bond donors (Lipinski definition) is 0. The summed E-state index contributed by atoms with van der Waals surface area (Å²) in [5.41, 5.74) is 1.84. The van der Waals surface area contributed by atoms with E-state index in [4.69, 9.17) is 9.47 Å². The first kappa shape index (κ1) is 18.1. The zero-order valence-electron chi connectivity index (χ0n) is 15.2. The van der Waals surface area contributed by atoms with Gasteiger partial charge in [0.25, 0.3) is 5.91 Å². The molecule has 0 aliphatic carbocycles. The maximum Gasteiger partial charge on any atom is 0.253 e. The lowest BCUT2D eigenvalue weighted by Crippen LogP contribution is -2.49. The predicted molar refractivity (Wildman–Crippen MR) is 98.7 cm³/mol. The molecule has 0 N–H and O–H groups in total. The first-order valence-corrected chi connectivity index (χ1v) is 8.74. The van der Waals surface area contributed by atoms with Crippen LogP contribution in [0.5, 0.6) is 5.88 Å². The molecule has 2 aromatic rings. The quantitative estimate of drug-likeness (QED) is 0.735. The number of hydrogen-bond acceptors (Lipinski definition) is 6. The van der Waals surface area contributed by atoms with E-state index in [1.54, 1.807) is 7.11 Å². The second-order valence-corrected chi connectivity index (χ2v) is 6.22. The van der Waals surface area contributed by atoms with E-state index >= 15 is 0 Å². The van der Waals surface area contributed by atoms with Crippen molar-refractivity contribution in [3.63, 3.8) is 0 Å². The number of anilines is 1. The number of ether oxygens (including phenoxy) is 2. The standard InChI is InChI=1S/C19H24N4O3/c1-15-4-3-5-16(14-15)19(24)23-10-8-22(9-11-23)17-6-7-18(21-20-17)26-13-12-25-2/h3-7,14H,8-13H2,1-2H3. The van der Waals surface area contributed by atoms with Crippen LogP contribution in [-0.2, 0) is 4.74 Å². The number of aromatic nitrogens is 2. The van der Waals surface area contributed by atoms with E-state index in [0.29, 0.717) is 32.2 Å². The summed E-state index contributed by atoms with van der Waals surface area (Å²) in [6.07, 6.45) is 0. The van der Waals surface area contributed by atoms with Crippen LogP contribution < -0.4 is 9.64 Å². The first-order chi connectivity index (χ1) is 12.7. The second-order valence-electron chi connectivity index (χ2n) is 6.22. The number of carbonyl (C=O) groups is 1. The molecule has 1 fully saturated rings. The monoisotopic (exact) mass is 356 g/mol. The van der Waals surface area contributed by atoms with Gasteiger partial charge in [-0.15, -0.1) is 10.2 Å². The molecule has 0 unspecified atom stereocenters. The maximum absolute atomic E-state index is 12.6. The highest BCUT2D eigenvalue weighted by molar-refractivity contribution is 5.94. The van der Waals surface area contributed by atoms with Gasteiger partial charge in [-0.25, -0.2) is 0 Å². The lowest BCUT2D eigenvalue weighted by Gasteiger charge is -2.35. The second kappa shape index (κ2) is 8.62. The maximum atomic E-state index is 12.6. The Labute approximate surface area is 153 Å². The predicted octanol–water partition coefficient (Wildman–Crippen LogP) is 1.77. The van der Waals surface area contributed by atoms with E-state index in [1.807, 2.05) is 48.2 Å². The van der Waals surface area contributed by atoms with Crippen LogP contribution in [0, 0.1) is 6.92 Å². The SMILES string of the molecule is COCCOc1ccc(N2CCN(C(=O)c3cccc(C)c3)CC2)nn1. The Kier molecular flexibility index (Phi) is 6.01. The average Bonchev–Trinajstić information content (AvgIpc) is 2.68. The fraction of sp³-hybridized carbons (Fsp3) is 0.421. The van der Waals surface area contributed by atoms with E-state index in [9.17, 15) is 4.79 Å². The summed E-state index contributed by atoms with van der Waals surface area (Å²) < 4.78 is 10.4. The number of rotatable bonds is 6. The van der Waals surface area contributed by atoms with E-state index in [1.165, 1.54) is 0 Å². The summed E-state index contributed by atoms with van der Waals surface area (Å²) in [6.45, 7) is 5.76. The van der Waals surface area contributed by atoms with Crippen LogP contribution in [0.1, 0.15) is 15.9 Å². The average molecular weight is 356 g/mol. The zero-order valence-corrected chi connectivity index (χ0v) is 15.2. The van der Waals surface area contributed by atoms with Crippen molar-refractivity contribution in [3.05, 3.63) is 47.5 Å². The number of benzene rings is 1. The smallest absolute Gasteiger partial charge is 0.253 e. The minimum absolute atomic E-state index is 0.0846. The van der Waals surface area contributed by atoms with Gasteiger partial charge in [-0.2, -0.15) is 0 Å². The van der Waals surface area contributed by atoms with Gasteiger partial charge in [0, 0.05) is 44.9 Å². The van der Waals surface area contributed by atoms with Crippen LogP contribution in [-0.4, -0.2) is 67.5 Å². The molecule has 0 saturated carbocycles. The molecule has 138 valence electrons. The Morgan fingerprint density at radius 2 is 1.88 bits per heavy atom. The van der Waals surface area contributed by atoms with Crippen LogP contribution in [0.15, 0.2) is 36.4 Å². The number of methoxy groups -OCH3 is 1. The normalized spacial score (nSPS) is 14.4. The summed E-state index contributed by atoms with van der Waals surface area (Å²) in [5, 5.41) is 8.31. The minimum Gasteiger partial charge on any atom is -0.474 e. The van der Waals surface area contributed by atoms with E-state index in [0.717, 1.165) is 30.0 Å². The Hall–Kier alpha value is -2.67. The van der Waals surface area contributed by atoms with Crippen molar-refractivity contribution in [2.75, 3.05) is 51.4 Å². The number of amides is 1. The number of piperazine rings is 1. The molecule has 1 aliphatic rings. The van der Waals surface area contributed by atoms with Crippen LogP contribution in [0.25, 0.3) is 0 Å². The van der Waals surface area contributed by atoms with E-state index < -0.39 is 0 Å². The summed E-state index contributed by atoms with van der Waals surface area (Å²) in [5.74, 6) is 1.37. The highest BCUT2D eigenvalue weighted by Crippen LogP contribution is 2.17. The molecular formula is C19H24N4O3. The molecule has 0 atom stereocenters. The van der Waals surface area contributed by atoms with Crippen molar-refractivity contribution in [1.82, 2.24) is 15.1 Å². The highest BCUT2D eigenvalue weighted by Gasteiger charge is 2.23. The molecule has 3 rings (SSSR count). The topological polar surface area (TPSA) is 67.8 Å². The van der Waals surface area contributed by atoms with Gasteiger partial charge in [-0.05, 0) is 25.1 Å². The third kappa shape index (κ3) is 4.49. The van der Waals surface area contributed by atoms with Crippen molar-refractivity contribution in [1.29, 1.82) is 0 Å². The lowest BCUT2D eigenvalue weighted by atomic mass is 10.1. The van der Waals surface area contributed by atoms with Gasteiger partial charge in [0.1, 0.15) is 6.61 Å². The van der Waals surface area contributed by atoms with E-state index in [2.05, 4.69) is 15.1 Å². The summed E-state index contributed by atoms with van der Waals surface area (Å²) in [6, 6.07) is 11.4. The molecule has 0 spiro atoms. The molecule has 1 aromatic carbocycles. The Balaban J connectivity index is 1.54. The van der Waals surface area contributed by atoms with Crippen molar-refractivity contribution in [2.24, 2.45) is 0 Å². The third-order valence-electron chi connectivity index (χ3n) is 4.32. The molecule has 1 aliphatic heterocycles. The van der Waals surface area contributed by atoms with Crippen LogP contribution >= 0.6 is 0 Å². The Morgan fingerprint density at radius 1 is 1.08 bits per heavy atom. The highest BCUT2D eigenvalue weighted by atomic mass is 16.5. The summed E-state index contributed by atoms with van der Waals surface area (Å²) in [4.78, 5) is 16.6. The van der Waals surface area contributed by atoms with Gasteiger partial charge in [0.15, 0.2) is 5.82 Å². The molecule has 0 bridgehead atoms. The van der Waals surface area contributed by atoms with Crippen LogP contribution in [0.3, 0.4) is 0 Å².